The third kappa shape index (κ3) is 5.97. The number of thiophene rings is 1. The van der Waals surface area contributed by atoms with E-state index >= 15 is 0 Å². The zero-order valence-electron chi connectivity index (χ0n) is 20.6. The minimum atomic E-state index is -1.06. The number of carboxylic acid groups (broad SMARTS) is 1. The molecule has 1 saturated carbocycles. The molecule has 1 fully saturated rings. The number of carbonyl (C=O) groups excluding carboxylic acids is 2. The highest BCUT2D eigenvalue weighted by Gasteiger charge is 2.46. The lowest BCUT2D eigenvalue weighted by molar-refractivity contribution is -0.156. The number of halogens is 1. The van der Waals surface area contributed by atoms with Gasteiger partial charge in [0.1, 0.15) is 6.10 Å². The zero-order chi connectivity index (χ0) is 26.6. The first-order valence-corrected chi connectivity index (χ1v) is 13.4. The molecule has 1 aromatic heterocycles. The molecule has 9 heteroatoms. The van der Waals surface area contributed by atoms with Gasteiger partial charge in [0, 0.05) is 16.3 Å². The van der Waals surface area contributed by atoms with Crippen LogP contribution in [0.4, 0.5) is 16.2 Å². The van der Waals surface area contributed by atoms with E-state index in [1.807, 2.05) is 35.7 Å². The van der Waals surface area contributed by atoms with Gasteiger partial charge >= 0.3 is 12.1 Å². The van der Waals surface area contributed by atoms with E-state index < -0.39 is 29.5 Å². The van der Waals surface area contributed by atoms with Crippen LogP contribution in [0.2, 0.25) is 5.02 Å². The van der Waals surface area contributed by atoms with E-state index in [1.165, 1.54) is 11.3 Å². The van der Waals surface area contributed by atoms with Gasteiger partial charge in [-0.2, -0.15) is 0 Å². The van der Waals surface area contributed by atoms with E-state index in [4.69, 9.17) is 16.3 Å². The number of hydrogen-bond donors (Lipinski definition) is 3. The molecular formula is C28H29ClN2O5S. The number of nitrogens with one attached hydrogen (secondary N) is 2. The Balaban J connectivity index is 1.41. The lowest BCUT2D eigenvalue weighted by Gasteiger charge is -2.36. The van der Waals surface area contributed by atoms with Gasteiger partial charge in [0.2, 0.25) is 5.91 Å². The Labute approximate surface area is 224 Å². The van der Waals surface area contributed by atoms with Crippen LogP contribution in [0, 0.1) is 11.3 Å². The molecule has 1 heterocycles. The molecule has 37 heavy (non-hydrogen) atoms. The number of hydrogen-bond acceptors (Lipinski definition) is 5. The Morgan fingerprint density at radius 3 is 2.51 bits per heavy atom. The highest BCUT2D eigenvalue weighted by molar-refractivity contribution is 7.14. The Morgan fingerprint density at radius 1 is 1.08 bits per heavy atom. The number of amides is 2. The maximum absolute atomic E-state index is 12.9. The van der Waals surface area contributed by atoms with Gasteiger partial charge in [-0.25, -0.2) is 4.79 Å². The Bertz CT molecular complexity index is 1290. The lowest BCUT2D eigenvalue weighted by atomic mass is 9.67. The van der Waals surface area contributed by atoms with Crippen molar-refractivity contribution in [3.05, 3.63) is 70.6 Å². The van der Waals surface area contributed by atoms with Crippen molar-refractivity contribution in [2.75, 3.05) is 10.6 Å². The smallest absolute Gasteiger partial charge is 0.412 e. The van der Waals surface area contributed by atoms with Crippen LogP contribution < -0.4 is 10.6 Å². The Kier molecular flexibility index (Phi) is 8.19. The number of rotatable bonds is 7. The summed E-state index contributed by atoms with van der Waals surface area (Å²) in [6, 6.07) is 16.3. The molecule has 194 valence electrons. The van der Waals surface area contributed by atoms with Crippen LogP contribution in [-0.2, 0) is 14.3 Å². The third-order valence-electron chi connectivity index (χ3n) is 6.96. The van der Waals surface area contributed by atoms with Gasteiger partial charge in [0.05, 0.1) is 21.9 Å². The summed E-state index contributed by atoms with van der Waals surface area (Å²) in [6.45, 7) is 3.42. The topological polar surface area (TPSA) is 105 Å². The monoisotopic (exact) mass is 540 g/mol. The van der Waals surface area contributed by atoms with E-state index in [1.54, 1.807) is 38.1 Å². The van der Waals surface area contributed by atoms with Crippen LogP contribution in [0.1, 0.15) is 51.2 Å². The molecule has 0 aliphatic heterocycles. The number of carbonyl (C=O) groups is 3. The highest BCUT2D eigenvalue weighted by atomic mass is 35.5. The molecule has 7 nitrogen and oxygen atoms in total. The lowest BCUT2D eigenvalue weighted by Crippen LogP contribution is -2.44. The number of aliphatic carboxylic acids is 1. The van der Waals surface area contributed by atoms with Gasteiger partial charge in [-0.3, -0.25) is 14.9 Å². The van der Waals surface area contributed by atoms with Crippen LogP contribution in [0.3, 0.4) is 0 Å². The molecule has 2 unspecified atom stereocenters. The van der Waals surface area contributed by atoms with E-state index in [0.29, 0.717) is 29.2 Å². The molecule has 2 aromatic carbocycles. The molecule has 3 atom stereocenters. The second-order valence-corrected chi connectivity index (χ2v) is 10.8. The summed E-state index contributed by atoms with van der Waals surface area (Å²) in [7, 11) is 0. The molecule has 0 saturated heterocycles. The van der Waals surface area contributed by atoms with Gasteiger partial charge in [-0.1, -0.05) is 54.8 Å². The molecule has 2 amide bonds. The van der Waals surface area contributed by atoms with Gasteiger partial charge in [0.25, 0.3) is 0 Å². The fourth-order valence-electron chi connectivity index (χ4n) is 4.74. The van der Waals surface area contributed by atoms with Crippen molar-refractivity contribution in [2.24, 2.45) is 11.3 Å². The van der Waals surface area contributed by atoms with Gasteiger partial charge in [-0.15, -0.1) is 11.3 Å². The molecule has 1 aliphatic carbocycles. The predicted octanol–water partition coefficient (Wildman–Crippen LogP) is 7.60. The van der Waals surface area contributed by atoms with E-state index in [2.05, 4.69) is 10.6 Å². The zero-order valence-corrected chi connectivity index (χ0v) is 22.2. The van der Waals surface area contributed by atoms with E-state index in [0.717, 1.165) is 28.8 Å². The summed E-state index contributed by atoms with van der Waals surface area (Å²) >= 11 is 7.67. The van der Waals surface area contributed by atoms with Gasteiger partial charge in [0.15, 0.2) is 0 Å². The SMILES string of the molecule is C[C@@H](OC(=O)Nc1ccsc1-c1ccc(NC(=O)C2CCCCC2(C)C(=O)O)cc1)c1ccccc1Cl. The number of carboxylic acids is 1. The molecule has 3 N–H and O–H groups in total. The number of anilines is 2. The largest absolute Gasteiger partial charge is 0.481 e. The minimum Gasteiger partial charge on any atom is -0.481 e. The van der Waals surface area contributed by atoms with E-state index in [9.17, 15) is 19.5 Å². The van der Waals surface area contributed by atoms with Crippen molar-refractivity contribution in [3.63, 3.8) is 0 Å². The Hall–Kier alpha value is -3.36. The van der Waals surface area contributed by atoms with Gasteiger partial charge < -0.3 is 15.2 Å². The minimum absolute atomic E-state index is 0.272. The summed E-state index contributed by atoms with van der Waals surface area (Å²) in [4.78, 5) is 38.2. The average molecular weight is 541 g/mol. The summed E-state index contributed by atoms with van der Waals surface area (Å²) in [6.07, 6.45) is 1.59. The van der Waals surface area contributed by atoms with Crippen LogP contribution in [0.25, 0.3) is 10.4 Å². The predicted molar refractivity (Wildman–Crippen MR) is 146 cm³/mol. The fraction of sp³-hybridized carbons (Fsp3) is 0.321. The third-order valence-corrected chi connectivity index (χ3v) is 8.26. The first kappa shape index (κ1) is 26.7. The number of benzene rings is 2. The fourth-order valence-corrected chi connectivity index (χ4v) is 5.89. The maximum atomic E-state index is 12.9. The summed E-state index contributed by atoms with van der Waals surface area (Å²) in [5.41, 5.74) is 1.72. The number of ether oxygens (including phenoxy) is 1. The first-order valence-electron chi connectivity index (χ1n) is 12.1. The maximum Gasteiger partial charge on any atom is 0.412 e. The van der Waals surface area contributed by atoms with Crippen molar-refractivity contribution in [3.8, 4) is 10.4 Å². The molecule has 1 aliphatic rings. The average Bonchev–Trinajstić information content (AvgIpc) is 3.32. The quantitative estimate of drug-likeness (QED) is 0.286. The van der Waals surface area contributed by atoms with E-state index in [-0.39, 0.29) is 5.91 Å². The van der Waals surface area contributed by atoms with Crippen LogP contribution in [0.15, 0.2) is 60.0 Å². The molecule has 4 rings (SSSR count). The van der Waals surface area contributed by atoms with Crippen molar-refractivity contribution < 1.29 is 24.2 Å². The second-order valence-electron chi connectivity index (χ2n) is 9.45. The first-order chi connectivity index (χ1) is 17.7. The van der Waals surface area contributed by atoms with Crippen LogP contribution >= 0.6 is 22.9 Å². The molecule has 3 aromatic rings. The molecule has 0 bridgehead atoms. The summed E-state index contributed by atoms with van der Waals surface area (Å²) < 4.78 is 5.52. The molecule has 0 radical (unpaired) electrons. The van der Waals surface area contributed by atoms with Crippen molar-refractivity contribution >= 4 is 52.3 Å². The van der Waals surface area contributed by atoms with Crippen LogP contribution in [0.5, 0.6) is 0 Å². The highest BCUT2D eigenvalue weighted by Crippen LogP contribution is 2.42. The molecule has 0 spiro atoms. The normalized spacial score (nSPS) is 20.0. The summed E-state index contributed by atoms with van der Waals surface area (Å²) in [5.74, 6) is -1.78. The second kappa shape index (κ2) is 11.4. The van der Waals surface area contributed by atoms with Crippen molar-refractivity contribution in [1.29, 1.82) is 0 Å². The standard InChI is InChI=1S/C28H29ClN2O5S/c1-17(20-7-3-4-9-22(20)29)36-27(35)31-23-14-16-37-24(23)18-10-12-19(13-11-18)30-25(32)21-8-5-6-15-28(21,2)26(33)34/h3-4,7,9-14,16-17,21H,5-6,8,15H2,1-2H3,(H,30,32)(H,31,35)(H,33,34)/t17-,21?,28?/m1/s1. The molecular weight excluding hydrogens is 512 g/mol. The Morgan fingerprint density at radius 2 is 1.81 bits per heavy atom. The van der Waals surface area contributed by atoms with Crippen molar-refractivity contribution in [1.82, 2.24) is 0 Å². The summed E-state index contributed by atoms with van der Waals surface area (Å²) in [5, 5.41) is 17.8. The van der Waals surface area contributed by atoms with Crippen molar-refractivity contribution in [2.45, 2.75) is 45.6 Å². The van der Waals surface area contributed by atoms with Gasteiger partial charge in [-0.05, 0) is 61.9 Å². The van der Waals surface area contributed by atoms with Crippen LogP contribution in [-0.4, -0.2) is 23.1 Å².